The number of hydrogen-bond donors (Lipinski definition) is 2. The van der Waals surface area contributed by atoms with Gasteiger partial charge in [-0.25, -0.2) is 14.4 Å². The Morgan fingerprint density at radius 2 is 1.89 bits per heavy atom. The normalized spacial score (nSPS) is 10.6. The number of carbonyl (C=O) groups is 1. The Bertz CT molecular complexity index is 154. The highest BCUT2D eigenvalue weighted by Gasteiger charge is 2.21. The second-order valence-electron chi connectivity index (χ2n) is 0.998. The smallest absolute Gasteiger partial charge is 0.246 e. The molecule has 0 spiro atoms. The number of nitrogens with one attached hydrogen (secondary N) is 2. The molecule has 0 saturated heterocycles. The molecule has 2 amide bonds. The van der Waals surface area contributed by atoms with Crippen molar-refractivity contribution < 1.29 is 22.2 Å². The van der Waals surface area contributed by atoms with Crippen molar-refractivity contribution in [1.82, 2.24) is 10.6 Å². The van der Waals surface area contributed by atoms with Crippen LogP contribution in [0.1, 0.15) is 0 Å². The highest BCUT2D eigenvalue weighted by Crippen LogP contribution is 2.43. The number of hydrogen-bond acceptors (Lipinski definition) is 2. The fraction of sp³-hybridized carbons (Fsp3) is 0. The minimum absolute atomic E-state index is 0.319. The van der Waals surface area contributed by atoms with Gasteiger partial charge in [-0.15, -0.1) is 8.39 Å². The topological polar surface area (TPSA) is 58.2 Å². The second-order valence-corrected chi connectivity index (χ2v) is 2.15. The Labute approximate surface area is 48.0 Å². The lowest BCUT2D eigenvalue weighted by atomic mass is 11.2. The van der Waals surface area contributed by atoms with Crippen LogP contribution in [0.2, 0.25) is 0 Å². The van der Waals surface area contributed by atoms with Gasteiger partial charge in [0, 0.05) is 0 Å². The van der Waals surface area contributed by atoms with Crippen LogP contribution in [0.3, 0.4) is 0 Å². The van der Waals surface area contributed by atoms with Crippen LogP contribution in [0.4, 0.5) is 17.7 Å². The van der Waals surface area contributed by atoms with Gasteiger partial charge >= 0.3 is 13.9 Å². The molecular formula is CH2F3N2O2P. The van der Waals surface area contributed by atoms with Crippen molar-refractivity contribution in [2.75, 3.05) is 0 Å². The Morgan fingerprint density at radius 3 is 2.00 bits per heavy atom. The first kappa shape index (κ1) is 8.29. The van der Waals surface area contributed by atoms with Crippen LogP contribution in [0.5, 0.6) is 0 Å². The molecule has 8 heteroatoms. The van der Waals surface area contributed by atoms with Crippen molar-refractivity contribution in [2.45, 2.75) is 0 Å². The maximum Gasteiger partial charge on any atom is 0.512 e. The third-order valence-corrected chi connectivity index (χ3v) is 0.781. The van der Waals surface area contributed by atoms with E-state index >= 15 is 0 Å². The van der Waals surface area contributed by atoms with Crippen molar-refractivity contribution in [3.05, 3.63) is 0 Å². The molecule has 0 radical (unpaired) electrons. The van der Waals surface area contributed by atoms with Crippen LogP contribution in [-0.2, 0) is 4.57 Å². The SMILES string of the molecule is O=C(NF)NP(=O)(F)F. The van der Waals surface area contributed by atoms with Crippen molar-refractivity contribution in [3.63, 3.8) is 0 Å². The minimum Gasteiger partial charge on any atom is -0.246 e. The summed E-state index contributed by atoms with van der Waals surface area (Å²) in [6.07, 6.45) is 0. The molecule has 0 aromatic rings. The van der Waals surface area contributed by atoms with Gasteiger partial charge in [0.25, 0.3) is 0 Å². The molecule has 0 heterocycles. The molecule has 0 atom stereocenters. The third-order valence-electron chi connectivity index (χ3n) is 0.318. The molecule has 0 fully saturated rings. The van der Waals surface area contributed by atoms with Crippen molar-refractivity contribution in [1.29, 1.82) is 0 Å². The summed E-state index contributed by atoms with van der Waals surface area (Å²) < 4.78 is 42.5. The van der Waals surface area contributed by atoms with Gasteiger partial charge in [0.2, 0.25) is 0 Å². The molecule has 0 bridgehead atoms. The molecule has 0 aromatic heterocycles. The number of carbonyl (C=O) groups excluding carboxylic acids is 1. The van der Waals surface area contributed by atoms with E-state index in [2.05, 4.69) is 0 Å². The van der Waals surface area contributed by atoms with Gasteiger partial charge in [0.05, 0.1) is 0 Å². The zero-order valence-electron chi connectivity index (χ0n) is 3.90. The fourth-order valence-corrected chi connectivity index (χ4v) is 0.418. The van der Waals surface area contributed by atoms with E-state index in [1.54, 1.807) is 0 Å². The standard InChI is InChI=1S/CH2F3N2O2P/c2-5-1(7)6-9(3,4)8/h(H2,5,6,7,8). The molecule has 0 aromatic carbocycles. The maximum atomic E-state index is 11.2. The predicted molar refractivity (Wildman–Crippen MR) is 22.6 cm³/mol. The average Bonchev–Trinajstić information content (AvgIpc) is 1.62. The van der Waals surface area contributed by atoms with Gasteiger partial charge in [0.1, 0.15) is 0 Å². The van der Waals surface area contributed by atoms with Crippen molar-refractivity contribution in [3.8, 4) is 0 Å². The number of halogens is 3. The monoisotopic (exact) mass is 162 g/mol. The predicted octanol–water partition coefficient (Wildman–Crippen LogP) is 1.22. The first-order chi connectivity index (χ1) is 3.95. The van der Waals surface area contributed by atoms with E-state index in [4.69, 9.17) is 0 Å². The van der Waals surface area contributed by atoms with Gasteiger partial charge in [-0.05, 0) is 0 Å². The summed E-state index contributed by atoms with van der Waals surface area (Å²) in [5, 5.41) is 0.566. The Hall–Kier alpha value is -0.710. The Balaban J connectivity index is 3.75. The van der Waals surface area contributed by atoms with Gasteiger partial charge in [-0.2, -0.15) is 5.54 Å². The lowest BCUT2D eigenvalue weighted by molar-refractivity contribution is 0.221. The Morgan fingerprint density at radius 1 is 1.44 bits per heavy atom. The Kier molecular flexibility index (Phi) is 2.51. The van der Waals surface area contributed by atoms with Crippen LogP contribution >= 0.6 is 7.91 Å². The van der Waals surface area contributed by atoms with Crippen LogP contribution < -0.4 is 10.6 Å². The highest BCUT2D eigenvalue weighted by atomic mass is 31.2. The molecular weight excluding hydrogens is 160 g/mol. The average molecular weight is 162 g/mol. The van der Waals surface area contributed by atoms with Crippen molar-refractivity contribution >= 4 is 13.9 Å². The zero-order valence-corrected chi connectivity index (χ0v) is 4.79. The molecule has 0 aliphatic heterocycles. The number of rotatable bonds is 1. The summed E-state index contributed by atoms with van der Waals surface area (Å²) in [7, 11) is -5.64. The summed E-state index contributed by atoms with van der Waals surface area (Å²) in [5.74, 6) is 0. The quantitative estimate of drug-likeness (QED) is 0.449. The van der Waals surface area contributed by atoms with E-state index in [0.29, 0.717) is 10.6 Å². The van der Waals surface area contributed by atoms with E-state index in [-0.39, 0.29) is 0 Å². The highest BCUT2D eigenvalue weighted by molar-refractivity contribution is 7.51. The number of urea groups is 1. The summed E-state index contributed by atoms with van der Waals surface area (Å²) in [4.78, 5) is 9.58. The van der Waals surface area contributed by atoms with Crippen LogP contribution in [0.15, 0.2) is 0 Å². The van der Waals surface area contributed by atoms with Crippen LogP contribution in [0.25, 0.3) is 0 Å². The van der Waals surface area contributed by atoms with Gasteiger partial charge in [-0.3, -0.25) is 0 Å². The van der Waals surface area contributed by atoms with E-state index in [1.165, 1.54) is 0 Å². The molecule has 2 N–H and O–H groups in total. The molecule has 4 nitrogen and oxygen atoms in total. The van der Waals surface area contributed by atoms with Crippen LogP contribution in [-0.4, -0.2) is 6.03 Å². The molecule has 0 rings (SSSR count). The van der Waals surface area contributed by atoms with E-state index in [1.807, 2.05) is 0 Å². The maximum absolute atomic E-state index is 11.2. The molecule has 0 aliphatic rings. The van der Waals surface area contributed by atoms with Gasteiger partial charge in [-0.1, -0.05) is 4.48 Å². The number of amides is 2. The third kappa shape index (κ3) is 5.16. The largest absolute Gasteiger partial charge is 0.512 e. The summed E-state index contributed by atoms with van der Waals surface area (Å²) >= 11 is 0. The summed E-state index contributed by atoms with van der Waals surface area (Å²) in [6, 6.07) is -1.82. The molecule has 0 saturated carbocycles. The zero-order chi connectivity index (χ0) is 7.49. The summed E-state index contributed by atoms with van der Waals surface area (Å²) in [6.45, 7) is 0. The molecule has 9 heavy (non-hydrogen) atoms. The first-order valence-electron chi connectivity index (χ1n) is 1.64. The van der Waals surface area contributed by atoms with Crippen LogP contribution in [0, 0.1) is 0 Å². The molecule has 0 aliphatic carbocycles. The second kappa shape index (κ2) is 2.72. The fourth-order valence-electron chi connectivity index (χ4n) is 0.139. The lowest BCUT2D eigenvalue weighted by Gasteiger charge is -1.96. The lowest BCUT2D eigenvalue weighted by Crippen LogP contribution is -2.25. The van der Waals surface area contributed by atoms with Gasteiger partial charge in [0.15, 0.2) is 0 Å². The van der Waals surface area contributed by atoms with E-state index < -0.39 is 13.9 Å². The van der Waals surface area contributed by atoms with Gasteiger partial charge < -0.3 is 0 Å². The van der Waals surface area contributed by atoms with Crippen molar-refractivity contribution in [2.24, 2.45) is 0 Å². The first-order valence-corrected chi connectivity index (χ1v) is 3.13. The minimum atomic E-state index is -5.64. The van der Waals surface area contributed by atoms with E-state index in [9.17, 15) is 22.2 Å². The van der Waals surface area contributed by atoms with E-state index in [0.717, 1.165) is 0 Å². The molecule has 0 unspecified atom stereocenters. The molecule has 54 valence electrons. The summed E-state index contributed by atoms with van der Waals surface area (Å²) in [5.41, 5.74) is 0.319.